The van der Waals surface area contributed by atoms with Crippen LogP contribution >= 0.6 is 0 Å². The van der Waals surface area contributed by atoms with E-state index in [1.165, 1.54) is 13.8 Å². The summed E-state index contributed by atoms with van der Waals surface area (Å²) in [5.74, 6) is -1.26. The predicted molar refractivity (Wildman–Crippen MR) is 83.1 cm³/mol. The van der Waals surface area contributed by atoms with E-state index in [1.54, 1.807) is 0 Å². The van der Waals surface area contributed by atoms with Crippen molar-refractivity contribution in [2.45, 2.75) is 69.9 Å². The minimum absolute atomic E-state index is 0.0506. The van der Waals surface area contributed by atoms with E-state index < -0.39 is 41.8 Å². The molecular weight excluding hydrogens is 341 g/mol. The highest BCUT2D eigenvalue weighted by Gasteiger charge is 2.58. The van der Waals surface area contributed by atoms with Gasteiger partial charge in [-0.05, 0) is 46.5 Å². The monoisotopic (exact) mass is 366 g/mol. The molecule has 1 heterocycles. The van der Waals surface area contributed by atoms with Gasteiger partial charge in [0.1, 0.15) is 0 Å². The molecule has 0 aromatic carbocycles. The fourth-order valence-corrected chi connectivity index (χ4v) is 3.60. The topological polar surface area (TPSA) is 78.9 Å². The predicted octanol–water partition coefficient (Wildman–Crippen LogP) is 2.77. The van der Waals surface area contributed by atoms with Crippen molar-refractivity contribution in [2.24, 2.45) is 5.92 Å². The molecule has 9 heteroatoms. The molecule has 2 aliphatic rings. The Morgan fingerprint density at radius 1 is 1.12 bits per heavy atom. The quantitative estimate of drug-likeness (QED) is 0.788. The normalized spacial score (nSPS) is 33.0. The van der Waals surface area contributed by atoms with Crippen LogP contribution in [0.5, 0.6) is 0 Å². The van der Waals surface area contributed by atoms with Gasteiger partial charge in [0, 0.05) is 6.04 Å². The minimum Gasteiger partial charge on any atom is -0.481 e. The Balaban J connectivity index is 2.00. The van der Waals surface area contributed by atoms with Gasteiger partial charge >= 0.3 is 18.2 Å². The minimum atomic E-state index is -4.59. The van der Waals surface area contributed by atoms with Crippen molar-refractivity contribution in [2.75, 3.05) is 13.1 Å². The number of nitrogens with one attached hydrogen (secondary N) is 1. The summed E-state index contributed by atoms with van der Waals surface area (Å²) in [5, 5.41) is 11.7. The van der Waals surface area contributed by atoms with Gasteiger partial charge in [-0.3, -0.25) is 4.79 Å². The SMILES string of the molecule is CC1(C)CN(C(=O)NC2CCC(C(=O)O)CC2)CC(C)(C(F)(F)F)O1. The van der Waals surface area contributed by atoms with Crippen LogP contribution in [-0.4, -0.2) is 58.5 Å². The van der Waals surface area contributed by atoms with Crippen molar-refractivity contribution in [3.05, 3.63) is 0 Å². The number of halogens is 3. The number of alkyl halides is 3. The molecule has 1 atom stereocenters. The number of carbonyl (C=O) groups excluding carboxylic acids is 1. The second kappa shape index (κ2) is 6.66. The van der Waals surface area contributed by atoms with Crippen molar-refractivity contribution in [3.63, 3.8) is 0 Å². The maximum atomic E-state index is 13.3. The zero-order valence-corrected chi connectivity index (χ0v) is 14.7. The van der Waals surface area contributed by atoms with Crippen LogP contribution in [0.1, 0.15) is 46.5 Å². The molecule has 0 bridgehead atoms. The van der Waals surface area contributed by atoms with Gasteiger partial charge in [0.05, 0.1) is 24.6 Å². The molecule has 0 spiro atoms. The Kier molecular flexibility index (Phi) is 5.28. The van der Waals surface area contributed by atoms with Gasteiger partial charge < -0.3 is 20.1 Å². The van der Waals surface area contributed by atoms with E-state index in [9.17, 15) is 22.8 Å². The first-order valence-corrected chi connectivity index (χ1v) is 8.38. The van der Waals surface area contributed by atoms with Crippen molar-refractivity contribution < 1.29 is 32.6 Å². The zero-order valence-electron chi connectivity index (χ0n) is 14.7. The van der Waals surface area contributed by atoms with E-state index in [0.717, 1.165) is 11.8 Å². The number of carboxylic acids is 1. The fourth-order valence-electron chi connectivity index (χ4n) is 3.60. The number of nitrogens with zero attached hydrogens (tertiary/aromatic N) is 1. The summed E-state index contributed by atoms with van der Waals surface area (Å²) >= 11 is 0. The van der Waals surface area contributed by atoms with Crippen molar-refractivity contribution in [3.8, 4) is 0 Å². The van der Waals surface area contributed by atoms with Crippen LogP contribution < -0.4 is 5.32 Å². The summed E-state index contributed by atoms with van der Waals surface area (Å²) in [7, 11) is 0. The molecule has 144 valence electrons. The lowest BCUT2D eigenvalue weighted by Crippen LogP contribution is -2.66. The van der Waals surface area contributed by atoms with Gasteiger partial charge in [-0.1, -0.05) is 0 Å². The Labute approximate surface area is 144 Å². The molecule has 1 aliphatic carbocycles. The molecular formula is C16H25F3N2O4. The summed E-state index contributed by atoms with van der Waals surface area (Å²) in [4.78, 5) is 24.6. The molecule has 1 unspecified atom stereocenters. The van der Waals surface area contributed by atoms with Crippen molar-refractivity contribution in [1.82, 2.24) is 10.2 Å². The summed E-state index contributed by atoms with van der Waals surface area (Å²) in [6, 6.07) is -0.781. The van der Waals surface area contributed by atoms with E-state index in [2.05, 4.69) is 5.32 Å². The molecule has 2 amide bonds. The van der Waals surface area contributed by atoms with Crippen molar-refractivity contribution >= 4 is 12.0 Å². The highest BCUT2D eigenvalue weighted by Crippen LogP contribution is 2.40. The molecule has 0 aromatic heterocycles. The molecule has 0 aromatic rings. The number of rotatable bonds is 2. The molecule has 0 radical (unpaired) electrons. The standard InChI is InChI=1S/C16H25F3N2O4/c1-14(2)8-21(9-15(3,25-14)16(17,18)19)13(24)20-11-6-4-10(5-7-11)12(22)23/h10-11H,4-9H2,1-3H3,(H,20,24)(H,22,23). The van der Waals surface area contributed by atoms with Crippen LogP contribution in [0.4, 0.5) is 18.0 Å². The summed E-state index contributed by atoms with van der Waals surface area (Å²) in [6.45, 7) is 3.47. The third-order valence-electron chi connectivity index (χ3n) is 4.86. The first-order chi connectivity index (χ1) is 11.3. The van der Waals surface area contributed by atoms with Gasteiger partial charge in [0.15, 0.2) is 5.60 Å². The number of amides is 2. The second-order valence-corrected chi connectivity index (χ2v) is 7.78. The fraction of sp³-hybridized carbons (Fsp3) is 0.875. The van der Waals surface area contributed by atoms with Crippen molar-refractivity contribution in [1.29, 1.82) is 0 Å². The summed E-state index contributed by atoms with van der Waals surface area (Å²) in [6.07, 6.45) is -2.67. The average Bonchev–Trinajstić information content (AvgIpc) is 2.44. The van der Waals surface area contributed by atoms with Crippen LogP contribution in [0.3, 0.4) is 0 Å². The molecule has 6 nitrogen and oxygen atoms in total. The first kappa shape index (κ1) is 19.8. The lowest BCUT2D eigenvalue weighted by molar-refractivity contribution is -0.318. The molecule has 2 rings (SSSR count). The van der Waals surface area contributed by atoms with Gasteiger partial charge in [0.2, 0.25) is 0 Å². The number of carboxylic acid groups (broad SMARTS) is 1. The van der Waals surface area contributed by atoms with Crippen LogP contribution in [-0.2, 0) is 9.53 Å². The smallest absolute Gasteiger partial charge is 0.418 e. The number of carbonyl (C=O) groups is 2. The zero-order chi connectivity index (χ0) is 19.0. The maximum Gasteiger partial charge on any atom is 0.418 e. The molecule has 1 saturated heterocycles. The van der Waals surface area contributed by atoms with E-state index >= 15 is 0 Å². The summed E-state index contributed by atoms with van der Waals surface area (Å²) < 4.78 is 45.3. The number of aliphatic carboxylic acids is 1. The largest absolute Gasteiger partial charge is 0.481 e. The van der Waals surface area contributed by atoms with E-state index in [4.69, 9.17) is 9.84 Å². The molecule has 2 fully saturated rings. The molecule has 1 saturated carbocycles. The van der Waals surface area contributed by atoms with Crippen LogP contribution in [0.2, 0.25) is 0 Å². The van der Waals surface area contributed by atoms with Gasteiger partial charge in [0.25, 0.3) is 0 Å². The lowest BCUT2D eigenvalue weighted by Gasteiger charge is -2.49. The van der Waals surface area contributed by atoms with Gasteiger partial charge in [-0.15, -0.1) is 0 Å². The molecule has 1 aliphatic heterocycles. The second-order valence-electron chi connectivity index (χ2n) is 7.78. The van der Waals surface area contributed by atoms with E-state index in [0.29, 0.717) is 25.7 Å². The van der Waals surface area contributed by atoms with Crippen LogP contribution in [0, 0.1) is 5.92 Å². The van der Waals surface area contributed by atoms with Crippen LogP contribution in [0.15, 0.2) is 0 Å². The van der Waals surface area contributed by atoms with E-state index in [-0.39, 0.29) is 12.6 Å². The number of ether oxygens (including phenoxy) is 1. The lowest BCUT2D eigenvalue weighted by atomic mass is 9.86. The Morgan fingerprint density at radius 3 is 2.16 bits per heavy atom. The first-order valence-electron chi connectivity index (χ1n) is 8.38. The third-order valence-corrected chi connectivity index (χ3v) is 4.86. The molecule has 25 heavy (non-hydrogen) atoms. The number of morpholine rings is 1. The highest BCUT2D eigenvalue weighted by molar-refractivity contribution is 5.75. The highest BCUT2D eigenvalue weighted by atomic mass is 19.4. The number of hydrogen-bond donors (Lipinski definition) is 2. The third kappa shape index (κ3) is 4.56. The summed E-state index contributed by atoms with van der Waals surface area (Å²) in [5.41, 5.74) is -3.55. The van der Waals surface area contributed by atoms with E-state index in [1.807, 2.05) is 0 Å². The maximum absolute atomic E-state index is 13.3. The van der Waals surface area contributed by atoms with Gasteiger partial charge in [-0.25, -0.2) is 4.79 Å². The van der Waals surface area contributed by atoms with Crippen LogP contribution in [0.25, 0.3) is 0 Å². The Morgan fingerprint density at radius 2 is 1.68 bits per heavy atom. The van der Waals surface area contributed by atoms with Gasteiger partial charge in [-0.2, -0.15) is 13.2 Å². The Bertz CT molecular complexity index is 530. The number of urea groups is 1. The molecule has 2 N–H and O–H groups in total. The average molecular weight is 366 g/mol. The number of hydrogen-bond acceptors (Lipinski definition) is 3. The Hall–Kier alpha value is -1.51.